The molecule has 0 unspecified atom stereocenters. The predicted molar refractivity (Wildman–Crippen MR) is 89.4 cm³/mol. The molecule has 0 aliphatic heterocycles. The largest absolute Gasteiger partial charge is 0.289 e. The van der Waals surface area contributed by atoms with Crippen molar-refractivity contribution in [2.45, 2.75) is 0 Å². The fraction of sp³-hybridized carbons (Fsp3) is 0. The fourth-order valence-electron chi connectivity index (χ4n) is 2.27. The molecule has 3 rings (SSSR count). The molecule has 23 heavy (non-hydrogen) atoms. The van der Waals surface area contributed by atoms with E-state index in [1.54, 1.807) is 6.08 Å². The quantitative estimate of drug-likeness (QED) is 0.512. The van der Waals surface area contributed by atoms with E-state index >= 15 is 0 Å². The molecular formula is C20H14FNO. The molecule has 112 valence electrons. The number of ketones is 1. The first-order chi connectivity index (χ1) is 11.2. The topological polar surface area (TPSA) is 30.0 Å². The molecule has 2 aromatic carbocycles. The molecular weight excluding hydrogens is 289 g/mol. The van der Waals surface area contributed by atoms with Gasteiger partial charge in [-0.2, -0.15) is 0 Å². The van der Waals surface area contributed by atoms with Crippen LogP contribution < -0.4 is 0 Å². The van der Waals surface area contributed by atoms with Crippen LogP contribution in [0, 0.1) is 5.82 Å². The molecule has 0 bridgehead atoms. The predicted octanol–water partition coefficient (Wildman–Crippen LogP) is 4.78. The van der Waals surface area contributed by atoms with Crippen LogP contribution >= 0.6 is 0 Å². The minimum absolute atomic E-state index is 0.237. The molecule has 0 fully saturated rings. The van der Waals surface area contributed by atoms with Crippen molar-refractivity contribution in [2.75, 3.05) is 0 Å². The molecule has 0 amide bonds. The maximum Gasteiger partial charge on any atom is 0.187 e. The van der Waals surface area contributed by atoms with Crippen LogP contribution in [0.1, 0.15) is 15.9 Å². The number of hydrogen-bond acceptors (Lipinski definition) is 2. The summed E-state index contributed by atoms with van der Waals surface area (Å²) >= 11 is 0. The summed E-state index contributed by atoms with van der Waals surface area (Å²) < 4.78 is 13.1. The summed E-state index contributed by atoms with van der Waals surface area (Å²) in [6, 6.07) is 19.1. The Hall–Kier alpha value is -3.07. The van der Waals surface area contributed by atoms with Crippen molar-refractivity contribution in [1.82, 2.24) is 4.98 Å². The second-order valence-electron chi connectivity index (χ2n) is 5.08. The minimum Gasteiger partial charge on any atom is -0.289 e. The second kappa shape index (κ2) is 6.79. The summed E-state index contributed by atoms with van der Waals surface area (Å²) in [5.74, 6) is -0.794. The average molecular weight is 303 g/mol. The van der Waals surface area contributed by atoms with Crippen molar-refractivity contribution in [3.8, 4) is 11.1 Å². The van der Waals surface area contributed by atoms with E-state index in [9.17, 15) is 9.18 Å². The summed E-state index contributed by atoms with van der Waals surface area (Å²) in [5.41, 5.74) is 3.33. The zero-order valence-corrected chi connectivity index (χ0v) is 12.3. The summed E-state index contributed by atoms with van der Waals surface area (Å²) in [4.78, 5) is 15.7. The van der Waals surface area contributed by atoms with Crippen molar-refractivity contribution in [3.05, 3.63) is 96.1 Å². The third-order valence-corrected chi connectivity index (χ3v) is 3.41. The van der Waals surface area contributed by atoms with Crippen LogP contribution in [0.2, 0.25) is 0 Å². The highest BCUT2D eigenvalue weighted by molar-refractivity contribution is 6.06. The Kier molecular flexibility index (Phi) is 4.39. The number of halogens is 1. The molecule has 0 radical (unpaired) electrons. The van der Waals surface area contributed by atoms with Crippen LogP contribution in [-0.4, -0.2) is 10.8 Å². The lowest BCUT2D eigenvalue weighted by Crippen LogP contribution is -1.96. The van der Waals surface area contributed by atoms with Crippen LogP contribution in [-0.2, 0) is 0 Å². The van der Waals surface area contributed by atoms with Gasteiger partial charge < -0.3 is 0 Å². The lowest BCUT2D eigenvalue weighted by atomic mass is 10.0. The summed E-state index contributed by atoms with van der Waals surface area (Å²) in [6.07, 6.45) is 5.58. The van der Waals surface area contributed by atoms with Gasteiger partial charge in [0.25, 0.3) is 0 Å². The number of aromatic nitrogens is 1. The molecule has 0 atom stereocenters. The molecule has 2 nitrogen and oxygen atoms in total. The number of nitrogens with zero attached hydrogens (tertiary/aromatic N) is 1. The molecule has 3 aromatic rings. The molecule has 3 heteroatoms. The molecule has 1 heterocycles. The first kappa shape index (κ1) is 14.9. The van der Waals surface area contributed by atoms with E-state index in [2.05, 4.69) is 4.98 Å². The smallest absolute Gasteiger partial charge is 0.187 e. The number of pyridine rings is 1. The summed E-state index contributed by atoms with van der Waals surface area (Å²) in [7, 11) is 0. The molecule has 0 spiro atoms. The Labute approximate surface area is 133 Å². The zero-order valence-electron chi connectivity index (χ0n) is 12.3. The standard InChI is InChI=1S/C20H14FNO/c21-19-12-18(13-22-14-19)20(23)10-9-15-5-4-8-17(11-15)16-6-2-1-3-7-16/h1-14H/b10-9+. The number of carbonyl (C=O) groups is 1. The fourth-order valence-corrected chi connectivity index (χ4v) is 2.27. The first-order valence-electron chi connectivity index (χ1n) is 7.21. The Morgan fingerprint density at radius 2 is 1.70 bits per heavy atom. The number of carbonyl (C=O) groups excluding carboxylic acids is 1. The maximum atomic E-state index is 13.1. The maximum absolute atomic E-state index is 13.1. The van der Waals surface area contributed by atoms with Crippen LogP contribution in [0.3, 0.4) is 0 Å². The number of allylic oxidation sites excluding steroid dienone is 1. The second-order valence-corrected chi connectivity index (χ2v) is 5.08. The van der Waals surface area contributed by atoms with E-state index in [4.69, 9.17) is 0 Å². The van der Waals surface area contributed by atoms with Gasteiger partial charge in [0.05, 0.1) is 6.20 Å². The Morgan fingerprint density at radius 3 is 2.48 bits per heavy atom. The average Bonchev–Trinajstić information content (AvgIpc) is 2.61. The number of hydrogen-bond donors (Lipinski definition) is 0. The highest BCUT2D eigenvalue weighted by atomic mass is 19.1. The van der Waals surface area contributed by atoms with E-state index in [0.717, 1.165) is 22.9 Å². The van der Waals surface area contributed by atoms with Crippen LogP contribution in [0.25, 0.3) is 17.2 Å². The van der Waals surface area contributed by atoms with Gasteiger partial charge in [-0.15, -0.1) is 0 Å². The zero-order chi connectivity index (χ0) is 16.1. The lowest BCUT2D eigenvalue weighted by molar-refractivity contribution is 0.104. The van der Waals surface area contributed by atoms with Crippen LogP contribution in [0.5, 0.6) is 0 Å². The van der Waals surface area contributed by atoms with Gasteiger partial charge >= 0.3 is 0 Å². The van der Waals surface area contributed by atoms with Gasteiger partial charge in [-0.25, -0.2) is 4.39 Å². The molecule has 0 aliphatic carbocycles. The van der Waals surface area contributed by atoms with Crippen molar-refractivity contribution in [2.24, 2.45) is 0 Å². The highest BCUT2D eigenvalue weighted by Crippen LogP contribution is 2.20. The van der Waals surface area contributed by atoms with Crippen molar-refractivity contribution in [1.29, 1.82) is 0 Å². The van der Waals surface area contributed by atoms with Gasteiger partial charge in [-0.3, -0.25) is 9.78 Å². The van der Waals surface area contributed by atoms with Gasteiger partial charge in [-0.1, -0.05) is 54.6 Å². The van der Waals surface area contributed by atoms with Crippen molar-refractivity contribution in [3.63, 3.8) is 0 Å². The van der Waals surface area contributed by atoms with Gasteiger partial charge in [0, 0.05) is 11.8 Å². The first-order valence-corrected chi connectivity index (χ1v) is 7.21. The van der Waals surface area contributed by atoms with E-state index < -0.39 is 5.82 Å². The Morgan fingerprint density at radius 1 is 0.913 bits per heavy atom. The van der Waals surface area contributed by atoms with Crippen LogP contribution in [0.4, 0.5) is 4.39 Å². The molecule has 0 saturated heterocycles. The minimum atomic E-state index is -0.518. The van der Waals surface area contributed by atoms with E-state index in [1.165, 1.54) is 18.3 Å². The Balaban J connectivity index is 1.82. The molecule has 0 saturated carbocycles. The lowest BCUT2D eigenvalue weighted by Gasteiger charge is -2.02. The van der Waals surface area contributed by atoms with E-state index in [0.29, 0.717) is 0 Å². The van der Waals surface area contributed by atoms with Gasteiger partial charge in [0.2, 0.25) is 0 Å². The van der Waals surface area contributed by atoms with Crippen molar-refractivity contribution < 1.29 is 9.18 Å². The molecule has 0 aliphatic rings. The SMILES string of the molecule is O=C(/C=C/c1cccc(-c2ccccc2)c1)c1cncc(F)c1. The molecule has 0 N–H and O–H groups in total. The van der Waals surface area contributed by atoms with Gasteiger partial charge in [-0.05, 0) is 34.9 Å². The van der Waals surface area contributed by atoms with Gasteiger partial charge in [0.15, 0.2) is 5.78 Å². The van der Waals surface area contributed by atoms with Crippen LogP contribution in [0.15, 0.2) is 79.1 Å². The van der Waals surface area contributed by atoms with Crippen molar-refractivity contribution >= 4 is 11.9 Å². The number of rotatable bonds is 4. The summed E-state index contributed by atoms with van der Waals surface area (Å²) in [5, 5.41) is 0. The van der Waals surface area contributed by atoms with E-state index in [-0.39, 0.29) is 11.3 Å². The third kappa shape index (κ3) is 3.77. The summed E-state index contributed by atoms with van der Waals surface area (Å²) in [6.45, 7) is 0. The highest BCUT2D eigenvalue weighted by Gasteiger charge is 2.03. The molecule has 1 aromatic heterocycles. The Bertz CT molecular complexity index is 856. The number of benzene rings is 2. The van der Waals surface area contributed by atoms with Gasteiger partial charge in [0.1, 0.15) is 5.82 Å². The van der Waals surface area contributed by atoms with E-state index in [1.807, 2.05) is 54.6 Å². The monoisotopic (exact) mass is 303 g/mol. The normalized spacial score (nSPS) is 10.8. The third-order valence-electron chi connectivity index (χ3n) is 3.41.